The maximum Gasteiger partial charge on any atom is 0.216 e. The predicted octanol–water partition coefficient (Wildman–Crippen LogP) is 3.52. The smallest absolute Gasteiger partial charge is 0.216 e. The van der Waals surface area contributed by atoms with Crippen LogP contribution in [-0.4, -0.2) is 59.9 Å². The van der Waals surface area contributed by atoms with Crippen molar-refractivity contribution in [3.05, 3.63) is 70.5 Å². The molecule has 37 heavy (non-hydrogen) atoms. The van der Waals surface area contributed by atoms with Gasteiger partial charge in [0.15, 0.2) is 17.2 Å². The second kappa shape index (κ2) is 9.24. The minimum absolute atomic E-state index is 0.175. The van der Waals surface area contributed by atoms with Crippen molar-refractivity contribution in [2.24, 2.45) is 11.3 Å². The molecule has 0 amide bonds. The maximum absolute atomic E-state index is 13.5. The molecule has 5 N–H and O–H groups in total. The molecule has 5 unspecified atom stereocenters. The molecule has 9 nitrogen and oxygen atoms in total. The third-order valence-corrected chi connectivity index (χ3v) is 7.83. The minimum atomic E-state index is -2.92. The summed E-state index contributed by atoms with van der Waals surface area (Å²) >= 11 is 0. The van der Waals surface area contributed by atoms with E-state index >= 15 is 0 Å². The lowest BCUT2D eigenvalue weighted by Gasteiger charge is -2.50. The molecule has 1 heterocycles. The first-order valence-electron chi connectivity index (χ1n) is 12.0. The van der Waals surface area contributed by atoms with E-state index in [0.717, 1.165) is 6.92 Å². The summed E-state index contributed by atoms with van der Waals surface area (Å²) in [6, 6.07) is 0. The van der Waals surface area contributed by atoms with Gasteiger partial charge in [0.2, 0.25) is 11.6 Å². The van der Waals surface area contributed by atoms with E-state index in [0.29, 0.717) is 0 Å². The van der Waals surface area contributed by atoms with Gasteiger partial charge >= 0.3 is 0 Å². The van der Waals surface area contributed by atoms with E-state index in [1.54, 1.807) is 38.2 Å². The van der Waals surface area contributed by atoms with Crippen LogP contribution in [0.1, 0.15) is 54.4 Å². The van der Waals surface area contributed by atoms with Crippen LogP contribution < -0.4 is 0 Å². The van der Waals surface area contributed by atoms with E-state index in [2.05, 4.69) is 0 Å². The summed E-state index contributed by atoms with van der Waals surface area (Å²) in [5.74, 6) is -9.27. The lowest BCUT2D eigenvalue weighted by atomic mass is 9.53. The fourth-order valence-corrected chi connectivity index (χ4v) is 5.83. The second-order valence-corrected chi connectivity index (χ2v) is 10.1. The number of aliphatic hydroxyl groups excluding tert-OH is 3. The van der Waals surface area contributed by atoms with Crippen LogP contribution in [-0.2, 0) is 19.1 Å². The molecule has 3 rings (SSSR count). The zero-order valence-electron chi connectivity index (χ0n) is 21.8. The van der Waals surface area contributed by atoms with Gasteiger partial charge in [0.25, 0.3) is 0 Å². The Labute approximate surface area is 215 Å². The average molecular weight is 515 g/mol. The molecule has 0 bridgehead atoms. The lowest BCUT2D eigenvalue weighted by molar-refractivity contribution is -0.317. The van der Waals surface area contributed by atoms with Crippen LogP contribution in [0, 0.1) is 11.3 Å². The largest absolute Gasteiger partial charge is 0.511 e. The Morgan fingerprint density at radius 2 is 1.65 bits per heavy atom. The molecule has 0 saturated carbocycles. The number of Topliss-reactive ketones (excluding diaryl/α,β-unsaturated/α-hetero) is 3. The molecule has 5 atom stereocenters. The molecule has 0 aromatic heterocycles. The van der Waals surface area contributed by atoms with Crippen molar-refractivity contribution in [1.82, 2.24) is 0 Å². The van der Waals surface area contributed by atoms with Crippen molar-refractivity contribution in [2.75, 3.05) is 0 Å². The topological polar surface area (TPSA) is 162 Å². The first-order chi connectivity index (χ1) is 17.1. The van der Waals surface area contributed by atoms with Crippen LogP contribution in [0.4, 0.5) is 0 Å². The van der Waals surface area contributed by atoms with Crippen LogP contribution >= 0.6 is 0 Å². The first kappa shape index (κ1) is 28.3. The van der Waals surface area contributed by atoms with Crippen LogP contribution in [0.15, 0.2) is 70.5 Å². The minimum Gasteiger partial charge on any atom is -0.511 e. The molecule has 9 heteroatoms. The Balaban J connectivity index is 2.43. The van der Waals surface area contributed by atoms with Gasteiger partial charge in [0, 0.05) is 23.5 Å². The molecule has 3 aliphatic rings. The second-order valence-electron chi connectivity index (χ2n) is 10.1. The van der Waals surface area contributed by atoms with Crippen LogP contribution in [0.5, 0.6) is 0 Å². The van der Waals surface area contributed by atoms with Crippen molar-refractivity contribution < 1.29 is 44.7 Å². The number of ether oxygens (including phenoxy) is 1. The lowest BCUT2D eigenvalue weighted by Crippen LogP contribution is -2.69. The highest BCUT2D eigenvalue weighted by Crippen LogP contribution is 2.68. The Bertz CT molecular complexity index is 1240. The van der Waals surface area contributed by atoms with Gasteiger partial charge in [-0.2, -0.15) is 0 Å². The highest BCUT2D eigenvalue weighted by atomic mass is 16.7. The van der Waals surface area contributed by atoms with Gasteiger partial charge in [-0.3, -0.25) is 14.4 Å². The van der Waals surface area contributed by atoms with Gasteiger partial charge in [-0.15, -0.1) is 0 Å². The molecule has 2 aliphatic carbocycles. The quantitative estimate of drug-likeness (QED) is 0.154. The molecule has 1 saturated heterocycles. The fourth-order valence-electron chi connectivity index (χ4n) is 5.83. The standard InChI is InChI=1S/C28H34O9/c1-7-9-11-13-16(29)18-20(31)15(3)22(32)26(5)21(18)25(4)23(33)19(17(30)14-12-10-8-2)24(34)27(6,35)28(25,36)37-26/h7-11,13,21,29,31,33,35-36H,12,14H2,1-6H3. The van der Waals surface area contributed by atoms with Gasteiger partial charge in [-0.25, -0.2) is 0 Å². The summed E-state index contributed by atoms with van der Waals surface area (Å²) in [7, 11) is 0. The number of aliphatic hydroxyl groups is 5. The molecule has 1 fully saturated rings. The Morgan fingerprint density at radius 3 is 2.22 bits per heavy atom. The third kappa shape index (κ3) is 3.59. The highest BCUT2D eigenvalue weighted by Gasteiger charge is 2.82. The highest BCUT2D eigenvalue weighted by molar-refractivity contribution is 6.24. The summed E-state index contributed by atoms with van der Waals surface area (Å²) in [4.78, 5) is 39.9. The summed E-state index contributed by atoms with van der Waals surface area (Å²) in [6.07, 6.45) is 9.48. The first-order valence-corrected chi connectivity index (χ1v) is 12.0. The summed E-state index contributed by atoms with van der Waals surface area (Å²) < 4.78 is 5.86. The van der Waals surface area contributed by atoms with Gasteiger partial charge < -0.3 is 30.3 Å². The maximum atomic E-state index is 13.5. The van der Waals surface area contributed by atoms with E-state index in [-0.39, 0.29) is 24.0 Å². The number of hydrogen-bond donors (Lipinski definition) is 5. The monoisotopic (exact) mass is 514 g/mol. The van der Waals surface area contributed by atoms with Crippen LogP contribution in [0.3, 0.4) is 0 Å². The number of ketones is 3. The molecule has 0 spiro atoms. The Morgan fingerprint density at radius 1 is 1.03 bits per heavy atom. The average Bonchev–Trinajstić information content (AvgIpc) is 3.03. The molecule has 0 aromatic carbocycles. The van der Waals surface area contributed by atoms with Crippen molar-refractivity contribution >= 4 is 17.3 Å². The summed E-state index contributed by atoms with van der Waals surface area (Å²) in [6.45, 7) is 8.25. The van der Waals surface area contributed by atoms with Gasteiger partial charge in [0.1, 0.15) is 28.5 Å². The molecule has 1 aliphatic heterocycles. The Hall–Kier alpha value is -3.27. The number of carbonyl (C=O) groups is 3. The van der Waals surface area contributed by atoms with E-state index in [4.69, 9.17) is 4.74 Å². The molecule has 0 aromatic rings. The normalized spacial score (nSPS) is 37.8. The molecule has 0 radical (unpaired) electrons. The summed E-state index contributed by atoms with van der Waals surface area (Å²) in [5.41, 5.74) is -8.24. The number of hydrogen-bond acceptors (Lipinski definition) is 9. The van der Waals surface area contributed by atoms with Crippen molar-refractivity contribution in [3.63, 3.8) is 0 Å². The molecular weight excluding hydrogens is 480 g/mol. The molecular formula is C28H34O9. The predicted molar refractivity (Wildman–Crippen MR) is 134 cm³/mol. The number of carbonyl (C=O) groups excluding carboxylic acids is 3. The van der Waals surface area contributed by atoms with E-state index < -0.39 is 68.5 Å². The van der Waals surface area contributed by atoms with Gasteiger partial charge in [0.05, 0.1) is 5.41 Å². The summed E-state index contributed by atoms with van der Waals surface area (Å²) in [5, 5.41) is 56.8. The molecule has 200 valence electrons. The van der Waals surface area contributed by atoms with Crippen LogP contribution in [0.25, 0.3) is 0 Å². The van der Waals surface area contributed by atoms with E-state index in [1.807, 2.05) is 0 Å². The van der Waals surface area contributed by atoms with E-state index in [1.165, 1.54) is 32.9 Å². The fraction of sp³-hybridized carbons (Fsp3) is 0.464. The number of fused-ring (bicyclic) bond motifs is 3. The SMILES string of the molecule is CC=CC=CC(O)=C1C(O)=C(C)C(=O)C2(C)OC3(O)C(C)(O)C(=O)C(C(=O)CCC=CC)=C(O)C3(C)C12. The van der Waals surface area contributed by atoms with Gasteiger partial charge in [-0.05, 0) is 54.0 Å². The van der Waals surface area contributed by atoms with Crippen molar-refractivity contribution in [3.8, 4) is 0 Å². The van der Waals surface area contributed by atoms with Crippen LogP contribution in [0.2, 0.25) is 0 Å². The number of rotatable bonds is 6. The van der Waals surface area contributed by atoms with Crippen molar-refractivity contribution in [1.29, 1.82) is 0 Å². The zero-order valence-corrected chi connectivity index (χ0v) is 21.8. The van der Waals surface area contributed by atoms with Gasteiger partial charge in [-0.1, -0.05) is 30.4 Å². The Kier molecular flexibility index (Phi) is 7.07. The number of allylic oxidation sites excluding steroid dienone is 7. The third-order valence-electron chi connectivity index (χ3n) is 7.83. The van der Waals surface area contributed by atoms with E-state index in [9.17, 15) is 39.9 Å². The zero-order chi connectivity index (χ0) is 28.1. The van der Waals surface area contributed by atoms with Crippen molar-refractivity contribution in [2.45, 2.75) is 71.4 Å².